The average molecular weight is 854 g/mol. The first kappa shape index (κ1) is 47.3. The Morgan fingerprint density at radius 3 is 1.53 bits per heavy atom. The molecule has 0 unspecified atom stereocenters. The van der Waals surface area contributed by atoms with Gasteiger partial charge in [0.1, 0.15) is 0 Å². The van der Waals surface area contributed by atoms with E-state index in [0.717, 1.165) is 42.0 Å². The van der Waals surface area contributed by atoms with Gasteiger partial charge in [-0.3, -0.25) is 0 Å². The molecule has 2 aromatic heterocycles. The van der Waals surface area contributed by atoms with Crippen LogP contribution in [-0.4, -0.2) is 71.4 Å². The number of hydrogen-bond acceptors (Lipinski definition) is 5. The Morgan fingerprint density at radius 1 is 0.642 bits per heavy atom. The maximum Gasteiger partial charge on any atom is 0.233 e. The number of alkyl halides is 1. The van der Waals surface area contributed by atoms with Gasteiger partial charge < -0.3 is 32.1 Å². The van der Waals surface area contributed by atoms with Gasteiger partial charge in [-0.1, -0.05) is 60.3 Å². The van der Waals surface area contributed by atoms with E-state index in [1.54, 1.807) is 27.8 Å². The highest BCUT2D eigenvalue weighted by molar-refractivity contribution is 6.42. The van der Waals surface area contributed by atoms with E-state index in [1.165, 1.54) is 77.7 Å². The summed E-state index contributed by atoms with van der Waals surface area (Å²) >= 11 is 29.6. The molecule has 4 aromatic rings. The smallest absolute Gasteiger partial charge is 0.233 e. The number of piperidine rings is 2. The monoisotopic (exact) mass is 850 g/mol. The van der Waals surface area contributed by atoms with Crippen LogP contribution in [0.5, 0.6) is 11.8 Å². The molecular formula is C39H56Cl6N6O2. The molecular weight excluding hydrogens is 797 g/mol. The van der Waals surface area contributed by atoms with E-state index in [-0.39, 0.29) is 19.8 Å². The number of nitrogens with zero attached hydrogens (tertiary/aromatic N) is 4. The second-order valence-electron chi connectivity index (χ2n) is 12.9. The number of ether oxygens (including phenoxy) is 2. The van der Waals surface area contributed by atoms with E-state index in [2.05, 4.69) is 15.5 Å². The molecule has 0 bridgehead atoms. The van der Waals surface area contributed by atoms with Crippen molar-refractivity contribution in [3.63, 3.8) is 0 Å². The zero-order valence-corrected chi connectivity index (χ0v) is 34.8. The van der Waals surface area contributed by atoms with Crippen LogP contribution in [0.15, 0.2) is 48.5 Å². The van der Waals surface area contributed by atoms with Crippen molar-refractivity contribution in [2.75, 3.05) is 51.8 Å². The van der Waals surface area contributed by atoms with Crippen molar-refractivity contribution in [3.8, 4) is 23.1 Å². The zero-order valence-electron chi connectivity index (χ0n) is 30.2. The molecule has 2 aliphatic rings. The third kappa shape index (κ3) is 16.4. The van der Waals surface area contributed by atoms with Gasteiger partial charge in [-0.25, -0.2) is 9.36 Å². The van der Waals surface area contributed by atoms with Crippen molar-refractivity contribution < 1.29 is 26.8 Å². The topological polar surface area (TPSA) is 70.6 Å². The molecule has 0 saturated carbocycles. The van der Waals surface area contributed by atoms with Gasteiger partial charge in [0.25, 0.3) is 0 Å². The molecule has 6 rings (SSSR count). The Balaban J connectivity index is 0.000000311. The molecule has 2 saturated heterocycles. The second kappa shape index (κ2) is 26.1. The summed E-state index contributed by atoms with van der Waals surface area (Å²) < 4.78 is 15.0. The predicted molar refractivity (Wildman–Crippen MR) is 220 cm³/mol. The van der Waals surface area contributed by atoms with E-state index in [4.69, 9.17) is 67.5 Å². The highest BCUT2D eigenvalue weighted by atomic mass is 35.5. The lowest BCUT2D eigenvalue weighted by atomic mass is 10.1. The fraction of sp³-hybridized carbons (Fsp3) is 0.538. The van der Waals surface area contributed by atoms with Crippen LogP contribution in [0.1, 0.15) is 83.0 Å². The minimum absolute atomic E-state index is 0. The maximum absolute atomic E-state index is 6.10. The zero-order chi connectivity index (χ0) is 36.4. The van der Waals surface area contributed by atoms with Crippen LogP contribution in [-0.2, 0) is 0 Å². The number of unbranched alkanes of at least 4 members (excludes halogenated alkanes) is 2. The maximum atomic E-state index is 6.10. The number of likely N-dealkylation sites (tertiary alicyclic amines) is 1. The minimum Gasteiger partial charge on any atom is -1.00 e. The molecule has 0 radical (unpaired) electrons. The van der Waals surface area contributed by atoms with Crippen molar-refractivity contribution in [1.29, 1.82) is 0 Å². The predicted octanol–water partition coefficient (Wildman–Crippen LogP) is 7.00. The first-order chi connectivity index (χ1) is 24.7. The Morgan fingerprint density at radius 2 is 1.11 bits per heavy atom. The molecule has 4 heterocycles. The van der Waals surface area contributed by atoms with Gasteiger partial charge in [0, 0.05) is 29.4 Å². The van der Waals surface area contributed by atoms with Gasteiger partial charge in [-0.15, -0.1) is 21.8 Å². The van der Waals surface area contributed by atoms with Crippen LogP contribution in [0.4, 0.5) is 0 Å². The minimum atomic E-state index is 0. The van der Waals surface area contributed by atoms with Crippen molar-refractivity contribution in [2.45, 2.75) is 85.5 Å². The molecule has 14 heteroatoms. The molecule has 0 amide bonds. The summed E-state index contributed by atoms with van der Waals surface area (Å²) in [6, 6.07) is 14.7. The molecule has 8 nitrogen and oxygen atoms in total. The van der Waals surface area contributed by atoms with E-state index in [1.807, 2.05) is 48.9 Å². The fourth-order valence-corrected chi connectivity index (χ4v) is 6.69. The fourth-order valence-electron chi connectivity index (χ4n) is 5.92. The van der Waals surface area contributed by atoms with Crippen molar-refractivity contribution in [1.82, 2.24) is 24.9 Å². The van der Waals surface area contributed by atoms with E-state index in [9.17, 15) is 0 Å². The summed E-state index contributed by atoms with van der Waals surface area (Å²) in [5, 5.41) is 14.3. The molecule has 53 heavy (non-hydrogen) atoms. The average Bonchev–Trinajstić information content (AvgIpc) is 3.71. The van der Waals surface area contributed by atoms with E-state index in [0.29, 0.717) is 50.9 Å². The third-order valence-electron chi connectivity index (χ3n) is 8.75. The third-order valence-corrected chi connectivity index (χ3v) is 10.5. The van der Waals surface area contributed by atoms with Gasteiger partial charge in [-0.2, -0.15) is 0 Å². The summed E-state index contributed by atoms with van der Waals surface area (Å²) in [6.07, 6.45) is 12.5. The number of aryl methyl sites for hydroxylation is 2. The standard InChI is InChI=1S/C19H25Cl2N3O.C14H15Cl3N2O.C5H11N.CH4.ClH/c1-15-13-19(22-24(15)16-7-8-17(20)18(21)14-16)25-12-6-5-11-23-9-3-2-4-10-23;1-10-8-14(20-7-3-2-6-15)18-19(10)11-4-5-12(16)13(17)9-11;1-2-4-6-5-3-1;;/h7-8,13-14H,2-6,9-12H2,1H3;4-5,8-9H,2-3,6-7H2,1H3;6H,1-5H2;1H4;1H. The number of hydrogen-bond donors (Lipinski definition) is 2. The lowest BCUT2D eigenvalue weighted by Crippen LogP contribution is -3.12. The number of quaternary nitrogens is 1. The van der Waals surface area contributed by atoms with E-state index < -0.39 is 0 Å². The molecule has 296 valence electrons. The van der Waals surface area contributed by atoms with Crippen molar-refractivity contribution in [2.24, 2.45) is 0 Å². The number of halogens is 6. The van der Waals surface area contributed by atoms with E-state index >= 15 is 0 Å². The van der Waals surface area contributed by atoms with Crippen LogP contribution in [0.3, 0.4) is 0 Å². The highest BCUT2D eigenvalue weighted by Gasteiger charge is 2.13. The molecule has 2 aromatic carbocycles. The molecule has 2 aliphatic heterocycles. The van der Waals surface area contributed by atoms with Crippen LogP contribution in [0.2, 0.25) is 20.1 Å². The first-order valence-electron chi connectivity index (χ1n) is 18.1. The summed E-state index contributed by atoms with van der Waals surface area (Å²) in [5.74, 6) is 1.91. The molecule has 0 atom stereocenters. The van der Waals surface area contributed by atoms with Crippen LogP contribution in [0.25, 0.3) is 11.4 Å². The number of nitrogens with one attached hydrogen (secondary N) is 2. The Labute approximate surface area is 348 Å². The van der Waals surface area contributed by atoms with Crippen molar-refractivity contribution >= 4 is 58.0 Å². The Kier molecular flexibility index (Phi) is 23.2. The van der Waals surface area contributed by atoms with Gasteiger partial charge in [0.2, 0.25) is 11.8 Å². The van der Waals surface area contributed by atoms with Crippen LogP contribution < -0.4 is 32.1 Å². The summed E-state index contributed by atoms with van der Waals surface area (Å²) in [7, 11) is 0. The first-order valence-corrected chi connectivity index (χ1v) is 20.2. The lowest BCUT2D eigenvalue weighted by Gasteiger charge is -2.23. The second-order valence-corrected chi connectivity index (χ2v) is 14.9. The summed E-state index contributed by atoms with van der Waals surface area (Å²) in [5.41, 5.74) is 3.71. The largest absolute Gasteiger partial charge is 1.00 e. The molecule has 2 fully saturated rings. The highest BCUT2D eigenvalue weighted by Crippen LogP contribution is 2.27. The Bertz CT molecular complexity index is 1600. The summed E-state index contributed by atoms with van der Waals surface area (Å²) in [6.45, 7) is 11.7. The number of benzene rings is 2. The number of rotatable bonds is 13. The van der Waals surface area contributed by atoms with Gasteiger partial charge in [0.15, 0.2) is 0 Å². The lowest BCUT2D eigenvalue weighted by molar-refractivity contribution is -0.905. The normalized spacial score (nSPS) is 14.1. The van der Waals surface area contributed by atoms with Crippen LogP contribution >= 0.6 is 58.0 Å². The van der Waals surface area contributed by atoms with Gasteiger partial charge in [0.05, 0.1) is 64.3 Å². The molecule has 0 aliphatic carbocycles. The SMILES string of the molecule is C.C1CCNCC1.Cc1cc(OCCCCCl)nn1-c1ccc(Cl)c(Cl)c1.Cc1cc(OCCCC[NH+]2CCCCC2)nn1-c1ccc(Cl)c(Cl)c1.[Cl-]. The van der Waals surface area contributed by atoms with Crippen LogP contribution in [0, 0.1) is 13.8 Å². The van der Waals surface area contributed by atoms with Crippen molar-refractivity contribution in [3.05, 3.63) is 80.0 Å². The van der Waals surface area contributed by atoms with Gasteiger partial charge in [-0.05, 0) is 121 Å². The number of aromatic nitrogens is 4. The molecule has 2 N–H and O–H groups in total. The summed E-state index contributed by atoms with van der Waals surface area (Å²) in [4.78, 5) is 1.76. The molecule has 0 spiro atoms. The quantitative estimate of drug-likeness (QED) is 0.112. The Hall–Kier alpha value is -1.88. The van der Waals surface area contributed by atoms with Gasteiger partial charge >= 0.3 is 0 Å².